The molecule has 1 N–H and O–H groups in total. The molecule has 90 valence electrons. The van der Waals surface area contributed by atoms with Gasteiger partial charge < -0.3 is 5.32 Å². The van der Waals surface area contributed by atoms with E-state index in [0.717, 1.165) is 12.3 Å². The van der Waals surface area contributed by atoms with Crippen LogP contribution in [0.15, 0.2) is 44.4 Å². The number of thioether (sulfide) groups is 1. The Kier molecular flexibility index (Phi) is 4.95. The van der Waals surface area contributed by atoms with Crippen LogP contribution in [0.25, 0.3) is 0 Å². The molecule has 2 aromatic rings. The maximum Gasteiger partial charge on any atom is 0.0701 e. The predicted octanol–water partition coefficient (Wildman–Crippen LogP) is 5.23. The van der Waals surface area contributed by atoms with Gasteiger partial charge in [0, 0.05) is 17.1 Å². The summed E-state index contributed by atoms with van der Waals surface area (Å²) in [4.78, 5) is 1.32. The third-order valence-corrected chi connectivity index (χ3v) is 4.80. The molecule has 0 spiro atoms. The fraction of sp³-hybridized carbons (Fsp3) is 0.231. The van der Waals surface area contributed by atoms with Crippen molar-refractivity contribution >= 4 is 44.7 Å². The standard InChI is InChI=1S/C13H14BrNS2/c1-2-16-12-6-4-3-5-11(12)15-8-10-7-13(14)17-9-10/h3-7,9,15H,2,8H2,1H3. The summed E-state index contributed by atoms with van der Waals surface area (Å²) >= 11 is 7.08. The first-order valence-corrected chi connectivity index (χ1v) is 8.14. The van der Waals surface area contributed by atoms with Crippen molar-refractivity contribution in [3.8, 4) is 0 Å². The van der Waals surface area contributed by atoms with Gasteiger partial charge >= 0.3 is 0 Å². The zero-order chi connectivity index (χ0) is 12.1. The number of benzene rings is 1. The van der Waals surface area contributed by atoms with Gasteiger partial charge in [-0.15, -0.1) is 23.1 Å². The highest BCUT2D eigenvalue weighted by atomic mass is 79.9. The molecule has 0 aliphatic heterocycles. The summed E-state index contributed by atoms with van der Waals surface area (Å²) in [7, 11) is 0. The van der Waals surface area contributed by atoms with Crippen LogP contribution < -0.4 is 5.32 Å². The highest BCUT2D eigenvalue weighted by Crippen LogP contribution is 2.27. The van der Waals surface area contributed by atoms with E-state index >= 15 is 0 Å². The molecule has 0 saturated heterocycles. The lowest BCUT2D eigenvalue weighted by Gasteiger charge is -2.10. The van der Waals surface area contributed by atoms with Gasteiger partial charge in [-0.25, -0.2) is 0 Å². The molecule has 0 amide bonds. The molecule has 0 unspecified atom stereocenters. The van der Waals surface area contributed by atoms with Crippen molar-refractivity contribution < 1.29 is 0 Å². The molecule has 0 aliphatic rings. The van der Waals surface area contributed by atoms with Crippen molar-refractivity contribution in [2.75, 3.05) is 11.1 Å². The predicted molar refractivity (Wildman–Crippen MR) is 82.2 cm³/mol. The van der Waals surface area contributed by atoms with E-state index in [1.165, 1.54) is 19.9 Å². The molecule has 1 nitrogen and oxygen atoms in total. The highest BCUT2D eigenvalue weighted by Gasteiger charge is 2.02. The third-order valence-electron chi connectivity index (χ3n) is 2.29. The van der Waals surface area contributed by atoms with Crippen LogP contribution in [0.1, 0.15) is 12.5 Å². The molecule has 0 radical (unpaired) electrons. The van der Waals surface area contributed by atoms with Crippen molar-refractivity contribution in [2.45, 2.75) is 18.4 Å². The first kappa shape index (κ1) is 13.0. The van der Waals surface area contributed by atoms with Gasteiger partial charge in [0.15, 0.2) is 0 Å². The number of nitrogens with one attached hydrogen (secondary N) is 1. The van der Waals surface area contributed by atoms with Gasteiger partial charge in [0.1, 0.15) is 0 Å². The van der Waals surface area contributed by atoms with Crippen molar-refractivity contribution in [2.24, 2.45) is 0 Å². The van der Waals surface area contributed by atoms with Crippen LogP contribution in [0.2, 0.25) is 0 Å². The minimum Gasteiger partial charge on any atom is -0.380 e. The molecule has 0 saturated carbocycles. The number of anilines is 1. The van der Waals surface area contributed by atoms with Crippen molar-refractivity contribution in [1.29, 1.82) is 0 Å². The van der Waals surface area contributed by atoms with E-state index in [2.05, 4.69) is 63.9 Å². The summed E-state index contributed by atoms with van der Waals surface area (Å²) < 4.78 is 1.19. The van der Waals surface area contributed by atoms with Crippen LogP contribution in [0.4, 0.5) is 5.69 Å². The second-order valence-electron chi connectivity index (χ2n) is 3.54. The molecule has 0 atom stereocenters. The van der Waals surface area contributed by atoms with Gasteiger partial charge in [-0.05, 0) is 50.8 Å². The SMILES string of the molecule is CCSc1ccccc1NCc1csc(Br)c1. The average Bonchev–Trinajstić information content (AvgIpc) is 2.74. The highest BCUT2D eigenvalue weighted by molar-refractivity contribution is 9.11. The van der Waals surface area contributed by atoms with Crippen LogP contribution in [0.5, 0.6) is 0 Å². The fourth-order valence-electron chi connectivity index (χ4n) is 1.53. The quantitative estimate of drug-likeness (QED) is 0.754. The topological polar surface area (TPSA) is 12.0 Å². The zero-order valence-electron chi connectivity index (χ0n) is 9.57. The molecular formula is C13H14BrNS2. The largest absolute Gasteiger partial charge is 0.380 e. The van der Waals surface area contributed by atoms with Gasteiger partial charge in [0.25, 0.3) is 0 Å². The van der Waals surface area contributed by atoms with Gasteiger partial charge in [-0.3, -0.25) is 0 Å². The van der Waals surface area contributed by atoms with Gasteiger partial charge in [0.2, 0.25) is 0 Å². The number of rotatable bonds is 5. The van der Waals surface area contributed by atoms with E-state index < -0.39 is 0 Å². The zero-order valence-corrected chi connectivity index (χ0v) is 12.8. The van der Waals surface area contributed by atoms with Crippen LogP contribution in [0.3, 0.4) is 0 Å². The summed E-state index contributed by atoms with van der Waals surface area (Å²) in [6.07, 6.45) is 0. The van der Waals surface area contributed by atoms with E-state index in [1.807, 2.05) is 11.8 Å². The minimum absolute atomic E-state index is 0.878. The third kappa shape index (κ3) is 3.76. The number of hydrogen-bond acceptors (Lipinski definition) is 3. The minimum atomic E-state index is 0.878. The van der Waals surface area contributed by atoms with Crippen molar-refractivity contribution in [3.05, 3.63) is 45.1 Å². The molecule has 1 aromatic carbocycles. The fourth-order valence-corrected chi connectivity index (χ4v) is 3.52. The Hall–Kier alpha value is -0.450. The van der Waals surface area contributed by atoms with Gasteiger partial charge in [-0.2, -0.15) is 0 Å². The van der Waals surface area contributed by atoms with Gasteiger partial charge in [0.05, 0.1) is 3.79 Å². The molecule has 0 fully saturated rings. The Balaban J connectivity index is 2.03. The first-order chi connectivity index (χ1) is 8.29. The summed E-state index contributed by atoms with van der Waals surface area (Å²) in [5, 5.41) is 5.67. The average molecular weight is 328 g/mol. The number of hydrogen-bond donors (Lipinski definition) is 1. The number of halogens is 1. The summed E-state index contributed by atoms with van der Waals surface area (Å²) in [5.74, 6) is 1.10. The normalized spacial score (nSPS) is 10.5. The molecule has 0 bridgehead atoms. The first-order valence-electron chi connectivity index (χ1n) is 5.48. The Morgan fingerprint density at radius 2 is 2.18 bits per heavy atom. The number of para-hydroxylation sites is 1. The summed E-state index contributed by atoms with van der Waals surface area (Å²) in [6.45, 7) is 3.06. The lowest BCUT2D eigenvalue weighted by molar-refractivity contribution is 1.14. The maximum atomic E-state index is 3.49. The Bertz CT molecular complexity index is 482. The van der Waals surface area contributed by atoms with Crippen molar-refractivity contribution in [1.82, 2.24) is 0 Å². The van der Waals surface area contributed by atoms with E-state index in [-0.39, 0.29) is 0 Å². The van der Waals surface area contributed by atoms with E-state index in [0.29, 0.717) is 0 Å². The van der Waals surface area contributed by atoms with E-state index in [4.69, 9.17) is 0 Å². The van der Waals surface area contributed by atoms with E-state index in [9.17, 15) is 0 Å². The maximum absolute atomic E-state index is 3.49. The molecular weight excluding hydrogens is 314 g/mol. The van der Waals surface area contributed by atoms with Crippen LogP contribution in [0, 0.1) is 0 Å². The second kappa shape index (κ2) is 6.47. The van der Waals surface area contributed by atoms with E-state index in [1.54, 1.807) is 11.3 Å². The second-order valence-corrected chi connectivity index (χ2v) is 7.14. The van der Waals surface area contributed by atoms with Crippen LogP contribution in [-0.2, 0) is 6.54 Å². The lowest BCUT2D eigenvalue weighted by Crippen LogP contribution is -1.99. The van der Waals surface area contributed by atoms with Crippen LogP contribution in [-0.4, -0.2) is 5.75 Å². The molecule has 17 heavy (non-hydrogen) atoms. The summed E-state index contributed by atoms with van der Waals surface area (Å²) in [5.41, 5.74) is 2.54. The monoisotopic (exact) mass is 327 g/mol. The molecule has 4 heteroatoms. The molecule has 2 rings (SSSR count). The number of thiophene rings is 1. The van der Waals surface area contributed by atoms with Crippen LogP contribution >= 0.6 is 39.0 Å². The lowest BCUT2D eigenvalue weighted by atomic mass is 10.3. The smallest absolute Gasteiger partial charge is 0.0701 e. The summed E-state index contributed by atoms with van der Waals surface area (Å²) in [6, 6.07) is 10.6. The Morgan fingerprint density at radius 3 is 2.88 bits per heavy atom. The van der Waals surface area contributed by atoms with Crippen molar-refractivity contribution in [3.63, 3.8) is 0 Å². The molecule has 1 heterocycles. The molecule has 0 aliphatic carbocycles. The Labute approximate surface area is 119 Å². The molecule has 1 aromatic heterocycles. The Morgan fingerprint density at radius 1 is 1.35 bits per heavy atom. The van der Waals surface area contributed by atoms with Gasteiger partial charge in [-0.1, -0.05) is 19.1 Å².